The third-order valence-electron chi connectivity index (χ3n) is 2.78. The number of nitrogens with zero attached hydrogens (tertiary/aromatic N) is 5. The summed E-state index contributed by atoms with van der Waals surface area (Å²) in [7, 11) is 0. The minimum Gasteiger partial charge on any atom is -0.378 e. The molecule has 0 fully saturated rings. The summed E-state index contributed by atoms with van der Waals surface area (Å²) in [6, 6.07) is 7.92. The van der Waals surface area contributed by atoms with E-state index in [0.29, 0.717) is 0 Å². The fraction of sp³-hybridized carbons (Fsp3) is 0.167. The number of hydrogen-bond donors (Lipinski definition) is 1. The molecule has 0 bridgehead atoms. The van der Waals surface area contributed by atoms with Crippen LogP contribution in [0.5, 0.6) is 0 Å². The maximum atomic E-state index is 4.24. The van der Waals surface area contributed by atoms with Crippen LogP contribution in [0.15, 0.2) is 36.1 Å². The monoisotopic (exact) mass is 272 g/mol. The number of anilines is 1. The van der Waals surface area contributed by atoms with Crippen LogP contribution in [0.25, 0.3) is 5.69 Å². The summed E-state index contributed by atoms with van der Waals surface area (Å²) in [6.07, 6.45) is 1.58. The van der Waals surface area contributed by atoms with Crippen LogP contribution in [0.2, 0.25) is 0 Å². The summed E-state index contributed by atoms with van der Waals surface area (Å²) in [5.74, 6) is 0. The minimum atomic E-state index is 0.746. The van der Waals surface area contributed by atoms with Gasteiger partial charge in [-0.25, -0.2) is 4.98 Å². The van der Waals surface area contributed by atoms with Crippen molar-refractivity contribution < 1.29 is 0 Å². The molecule has 0 spiro atoms. The molecule has 19 heavy (non-hydrogen) atoms. The average Bonchev–Trinajstić information content (AvgIpc) is 3.08. The number of rotatable bonds is 4. The number of benzene rings is 1. The predicted molar refractivity (Wildman–Crippen MR) is 73.3 cm³/mol. The summed E-state index contributed by atoms with van der Waals surface area (Å²) >= 11 is 1.65. The standard InChI is InChI=1S/C12H12N6S/c1-9-12(19-8-14-9)6-13-10-4-2-3-5-11(10)18-7-15-16-17-18/h2-5,7-8,13H,6H2,1H3. The topological polar surface area (TPSA) is 68.5 Å². The van der Waals surface area contributed by atoms with Crippen molar-refractivity contribution in [2.24, 2.45) is 0 Å². The Labute approximate surface area is 114 Å². The van der Waals surface area contributed by atoms with Crippen LogP contribution >= 0.6 is 11.3 Å². The lowest BCUT2D eigenvalue weighted by molar-refractivity contribution is 0.789. The molecule has 0 unspecified atom stereocenters. The van der Waals surface area contributed by atoms with Crippen LogP contribution in [-0.2, 0) is 6.54 Å². The van der Waals surface area contributed by atoms with Gasteiger partial charge in [0.25, 0.3) is 0 Å². The van der Waals surface area contributed by atoms with E-state index in [1.54, 1.807) is 22.3 Å². The molecular formula is C12H12N6S. The van der Waals surface area contributed by atoms with Crippen molar-refractivity contribution in [1.29, 1.82) is 0 Å². The van der Waals surface area contributed by atoms with Gasteiger partial charge in [-0.2, -0.15) is 4.68 Å². The largest absolute Gasteiger partial charge is 0.378 e. The maximum Gasteiger partial charge on any atom is 0.143 e. The molecule has 0 aliphatic carbocycles. The van der Waals surface area contributed by atoms with Crippen molar-refractivity contribution in [2.75, 3.05) is 5.32 Å². The van der Waals surface area contributed by atoms with E-state index >= 15 is 0 Å². The van der Waals surface area contributed by atoms with E-state index in [1.807, 2.05) is 36.7 Å². The number of hydrogen-bond acceptors (Lipinski definition) is 6. The third-order valence-corrected chi connectivity index (χ3v) is 3.72. The van der Waals surface area contributed by atoms with Gasteiger partial charge in [0.1, 0.15) is 6.33 Å². The lowest BCUT2D eigenvalue weighted by Crippen LogP contribution is -2.04. The van der Waals surface area contributed by atoms with Crippen LogP contribution in [0, 0.1) is 6.92 Å². The molecule has 0 amide bonds. The molecule has 0 saturated heterocycles. The number of nitrogens with one attached hydrogen (secondary N) is 1. The minimum absolute atomic E-state index is 0.746. The van der Waals surface area contributed by atoms with E-state index in [1.165, 1.54) is 4.88 Å². The normalized spacial score (nSPS) is 10.6. The van der Waals surface area contributed by atoms with Crippen molar-refractivity contribution >= 4 is 17.0 Å². The van der Waals surface area contributed by atoms with Crippen LogP contribution in [0.1, 0.15) is 10.6 Å². The predicted octanol–water partition coefficient (Wildman–Crippen LogP) is 2.04. The number of para-hydroxylation sites is 2. The number of aromatic nitrogens is 5. The molecule has 1 aromatic carbocycles. The quantitative estimate of drug-likeness (QED) is 0.787. The maximum absolute atomic E-state index is 4.24. The number of tetrazole rings is 1. The highest BCUT2D eigenvalue weighted by molar-refractivity contribution is 7.09. The molecule has 6 nitrogen and oxygen atoms in total. The van der Waals surface area contributed by atoms with E-state index in [0.717, 1.165) is 23.6 Å². The Bertz CT molecular complexity index is 660. The molecule has 0 aliphatic heterocycles. The molecule has 0 aliphatic rings. The van der Waals surface area contributed by atoms with Crippen molar-refractivity contribution in [2.45, 2.75) is 13.5 Å². The number of aryl methyl sites for hydroxylation is 1. The zero-order valence-electron chi connectivity index (χ0n) is 10.3. The summed E-state index contributed by atoms with van der Waals surface area (Å²) < 4.78 is 1.64. The smallest absolute Gasteiger partial charge is 0.143 e. The Morgan fingerprint density at radius 3 is 2.95 bits per heavy atom. The van der Waals surface area contributed by atoms with Crippen molar-refractivity contribution in [3.05, 3.63) is 46.7 Å². The molecule has 7 heteroatoms. The first-order valence-electron chi connectivity index (χ1n) is 5.80. The third kappa shape index (κ3) is 2.45. The van der Waals surface area contributed by atoms with E-state index in [9.17, 15) is 0 Å². The second-order valence-corrected chi connectivity index (χ2v) is 4.93. The Morgan fingerprint density at radius 2 is 2.21 bits per heavy atom. The van der Waals surface area contributed by atoms with Gasteiger partial charge in [0.15, 0.2) is 0 Å². The molecule has 1 N–H and O–H groups in total. The van der Waals surface area contributed by atoms with E-state index < -0.39 is 0 Å². The highest BCUT2D eigenvalue weighted by Gasteiger charge is 2.06. The molecule has 0 atom stereocenters. The first-order chi connectivity index (χ1) is 9.34. The summed E-state index contributed by atoms with van der Waals surface area (Å²) in [6.45, 7) is 2.76. The van der Waals surface area contributed by atoms with Gasteiger partial charge in [0, 0.05) is 4.88 Å². The van der Waals surface area contributed by atoms with Crippen LogP contribution in [0.4, 0.5) is 5.69 Å². The van der Waals surface area contributed by atoms with Crippen molar-refractivity contribution in [3.8, 4) is 5.69 Å². The fourth-order valence-corrected chi connectivity index (χ4v) is 2.48. The highest BCUT2D eigenvalue weighted by Crippen LogP contribution is 2.21. The SMILES string of the molecule is Cc1ncsc1CNc1ccccc1-n1cnnn1. The Morgan fingerprint density at radius 1 is 1.32 bits per heavy atom. The summed E-state index contributed by atoms with van der Waals surface area (Å²) in [4.78, 5) is 5.47. The van der Waals surface area contributed by atoms with Crippen LogP contribution in [-0.4, -0.2) is 25.2 Å². The summed E-state index contributed by atoms with van der Waals surface area (Å²) in [5, 5.41) is 14.6. The van der Waals surface area contributed by atoms with Gasteiger partial charge < -0.3 is 5.32 Å². The van der Waals surface area contributed by atoms with Gasteiger partial charge in [-0.3, -0.25) is 0 Å². The molecule has 0 saturated carbocycles. The highest BCUT2D eigenvalue weighted by atomic mass is 32.1. The lowest BCUT2D eigenvalue weighted by atomic mass is 10.2. The molecule has 3 aromatic rings. The zero-order valence-corrected chi connectivity index (χ0v) is 11.1. The van der Waals surface area contributed by atoms with Gasteiger partial charge in [0.05, 0.1) is 29.1 Å². The molecule has 2 heterocycles. The zero-order chi connectivity index (χ0) is 13.1. The van der Waals surface area contributed by atoms with Crippen molar-refractivity contribution in [3.63, 3.8) is 0 Å². The molecule has 0 radical (unpaired) electrons. The van der Waals surface area contributed by atoms with Gasteiger partial charge in [-0.05, 0) is 29.5 Å². The second-order valence-electron chi connectivity index (χ2n) is 3.99. The fourth-order valence-electron chi connectivity index (χ4n) is 1.77. The first kappa shape index (κ1) is 11.8. The van der Waals surface area contributed by atoms with E-state index in [2.05, 4.69) is 25.8 Å². The Hall–Kier alpha value is -2.28. The van der Waals surface area contributed by atoms with Gasteiger partial charge in [-0.1, -0.05) is 12.1 Å². The van der Waals surface area contributed by atoms with Crippen molar-refractivity contribution in [1.82, 2.24) is 25.2 Å². The van der Waals surface area contributed by atoms with Gasteiger partial charge in [-0.15, -0.1) is 16.4 Å². The number of thiazole rings is 1. The Kier molecular flexibility index (Phi) is 3.20. The second kappa shape index (κ2) is 5.15. The molecular weight excluding hydrogens is 260 g/mol. The molecule has 96 valence electrons. The Balaban J connectivity index is 1.84. The first-order valence-corrected chi connectivity index (χ1v) is 6.68. The molecule has 3 rings (SSSR count). The lowest BCUT2D eigenvalue weighted by Gasteiger charge is -2.10. The summed E-state index contributed by atoms with van der Waals surface area (Å²) in [5.41, 5.74) is 4.84. The van der Waals surface area contributed by atoms with E-state index in [-0.39, 0.29) is 0 Å². The van der Waals surface area contributed by atoms with E-state index in [4.69, 9.17) is 0 Å². The van der Waals surface area contributed by atoms with Crippen LogP contribution in [0.3, 0.4) is 0 Å². The van der Waals surface area contributed by atoms with Gasteiger partial charge >= 0.3 is 0 Å². The molecule has 2 aromatic heterocycles. The average molecular weight is 272 g/mol. The van der Waals surface area contributed by atoms with Crippen LogP contribution < -0.4 is 5.32 Å². The van der Waals surface area contributed by atoms with Gasteiger partial charge in [0.2, 0.25) is 0 Å².